The average Bonchev–Trinajstić information content (AvgIpc) is 2.64. The molecule has 0 aliphatic heterocycles. The number of anilines is 1. The molecule has 3 aromatic rings. The number of carbonyl (C=O) groups excluding carboxylic acids is 1. The zero-order valence-electron chi connectivity index (χ0n) is 13.6. The highest BCUT2D eigenvalue weighted by atomic mass is 19.4. The summed E-state index contributed by atoms with van der Waals surface area (Å²) in [7, 11) is 0. The van der Waals surface area contributed by atoms with Gasteiger partial charge in [-0.05, 0) is 35.0 Å². The summed E-state index contributed by atoms with van der Waals surface area (Å²) >= 11 is 0. The summed E-state index contributed by atoms with van der Waals surface area (Å²) in [6.07, 6.45) is -3.27. The van der Waals surface area contributed by atoms with Gasteiger partial charge in [0.25, 0.3) is 5.91 Å². The van der Waals surface area contributed by atoms with E-state index in [1.807, 2.05) is 0 Å². The van der Waals surface area contributed by atoms with E-state index in [0.29, 0.717) is 10.9 Å². The zero-order chi connectivity index (χ0) is 19.6. The second-order valence-electron chi connectivity index (χ2n) is 5.62. The molecular formula is C17H12F3N5O2. The SMILES string of the molecule is NC(=O)c1cc(N=O)cc2c(NCc3cccc(C(F)(F)F)c3)ncnc12. The van der Waals surface area contributed by atoms with Gasteiger partial charge in [0.05, 0.1) is 16.6 Å². The first-order valence-electron chi connectivity index (χ1n) is 7.61. The molecule has 3 rings (SSSR count). The van der Waals surface area contributed by atoms with Crippen LogP contribution in [-0.4, -0.2) is 15.9 Å². The van der Waals surface area contributed by atoms with Gasteiger partial charge in [-0.25, -0.2) is 9.97 Å². The van der Waals surface area contributed by atoms with E-state index in [0.717, 1.165) is 12.1 Å². The number of rotatable bonds is 5. The van der Waals surface area contributed by atoms with Crippen molar-refractivity contribution in [1.82, 2.24) is 9.97 Å². The summed E-state index contributed by atoms with van der Waals surface area (Å²) < 4.78 is 38.5. The van der Waals surface area contributed by atoms with E-state index in [-0.39, 0.29) is 29.1 Å². The van der Waals surface area contributed by atoms with Crippen molar-refractivity contribution in [1.29, 1.82) is 0 Å². The number of carbonyl (C=O) groups is 1. The van der Waals surface area contributed by atoms with E-state index in [9.17, 15) is 22.9 Å². The number of primary amides is 1. The quantitative estimate of drug-likeness (QED) is 0.660. The van der Waals surface area contributed by atoms with Gasteiger partial charge in [0.2, 0.25) is 0 Å². The van der Waals surface area contributed by atoms with E-state index in [1.54, 1.807) is 0 Å². The molecule has 0 atom stereocenters. The van der Waals surface area contributed by atoms with Gasteiger partial charge < -0.3 is 11.1 Å². The maximum atomic E-state index is 12.8. The largest absolute Gasteiger partial charge is 0.416 e. The molecule has 10 heteroatoms. The number of aromatic nitrogens is 2. The Morgan fingerprint density at radius 3 is 2.63 bits per heavy atom. The lowest BCUT2D eigenvalue weighted by Crippen LogP contribution is -2.12. The molecule has 0 saturated heterocycles. The lowest BCUT2D eigenvalue weighted by atomic mass is 10.1. The Hall–Kier alpha value is -3.56. The van der Waals surface area contributed by atoms with Crippen molar-refractivity contribution in [3.05, 3.63) is 64.3 Å². The molecule has 3 N–H and O–H groups in total. The Morgan fingerprint density at radius 2 is 1.96 bits per heavy atom. The maximum absolute atomic E-state index is 12.8. The summed E-state index contributed by atoms with van der Waals surface area (Å²) in [5.41, 5.74) is 5.06. The van der Waals surface area contributed by atoms with Crippen LogP contribution in [0.25, 0.3) is 10.9 Å². The first-order chi connectivity index (χ1) is 12.8. The fourth-order valence-electron chi connectivity index (χ4n) is 2.58. The van der Waals surface area contributed by atoms with Crippen LogP contribution in [0.1, 0.15) is 21.5 Å². The van der Waals surface area contributed by atoms with Crippen LogP contribution in [0.2, 0.25) is 0 Å². The van der Waals surface area contributed by atoms with Crippen molar-refractivity contribution in [2.45, 2.75) is 12.7 Å². The number of nitroso groups, excluding NO2 is 1. The predicted octanol–water partition coefficient (Wildman–Crippen LogP) is 3.76. The fraction of sp³-hybridized carbons (Fsp3) is 0.118. The van der Waals surface area contributed by atoms with Crippen molar-refractivity contribution in [3.63, 3.8) is 0 Å². The molecule has 0 radical (unpaired) electrons. The van der Waals surface area contributed by atoms with E-state index in [4.69, 9.17) is 5.73 Å². The van der Waals surface area contributed by atoms with E-state index in [1.165, 1.54) is 30.6 Å². The molecule has 0 aliphatic carbocycles. The molecule has 0 spiro atoms. The van der Waals surface area contributed by atoms with Crippen molar-refractivity contribution in [2.24, 2.45) is 10.9 Å². The van der Waals surface area contributed by atoms with Crippen molar-refractivity contribution in [3.8, 4) is 0 Å². The van der Waals surface area contributed by atoms with Gasteiger partial charge in [-0.15, -0.1) is 4.91 Å². The molecule has 0 saturated carbocycles. The van der Waals surface area contributed by atoms with Crippen LogP contribution >= 0.6 is 0 Å². The summed E-state index contributed by atoms with van der Waals surface area (Å²) in [4.78, 5) is 30.5. The average molecular weight is 375 g/mol. The van der Waals surface area contributed by atoms with Gasteiger partial charge in [-0.3, -0.25) is 4.79 Å². The standard InChI is InChI=1S/C17H12F3N5O2/c18-17(19,20)10-3-1-2-9(4-10)7-22-16-13-6-11(25-27)5-12(15(21)26)14(13)23-8-24-16/h1-6,8H,7H2,(H2,21,26)(H,22,23,24). The predicted molar refractivity (Wildman–Crippen MR) is 92.3 cm³/mol. The molecule has 27 heavy (non-hydrogen) atoms. The highest BCUT2D eigenvalue weighted by Gasteiger charge is 2.30. The topological polar surface area (TPSA) is 110 Å². The minimum absolute atomic E-state index is 0.00776. The fourth-order valence-corrected chi connectivity index (χ4v) is 2.58. The third-order valence-electron chi connectivity index (χ3n) is 3.81. The lowest BCUT2D eigenvalue weighted by Gasteiger charge is -2.12. The molecule has 1 amide bonds. The van der Waals surface area contributed by atoms with Crippen molar-refractivity contribution in [2.75, 3.05) is 5.32 Å². The van der Waals surface area contributed by atoms with Crippen LogP contribution in [0.15, 0.2) is 47.9 Å². The van der Waals surface area contributed by atoms with Gasteiger partial charge >= 0.3 is 6.18 Å². The lowest BCUT2D eigenvalue weighted by molar-refractivity contribution is -0.137. The number of nitrogens with zero attached hydrogens (tertiary/aromatic N) is 3. The van der Waals surface area contributed by atoms with Gasteiger partial charge in [-0.2, -0.15) is 13.2 Å². The number of hydrogen-bond acceptors (Lipinski definition) is 6. The third kappa shape index (κ3) is 3.84. The number of hydrogen-bond donors (Lipinski definition) is 2. The molecule has 138 valence electrons. The Kier molecular flexibility index (Phi) is 4.72. The molecule has 1 aromatic heterocycles. The number of amides is 1. The van der Waals surface area contributed by atoms with Crippen molar-refractivity contribution >= 4 is 28.3 Å². The van der Waals surface area contributed by atoms with Gasteiger partial charge in [0.15, 0.2) is 0 Å². The summed E-state index contributed by atoms with van der Waals surface area (Å²) in [5.74, 6) is -0.571. The molecule has 0 fully saturated rings. The van der Waals surface area contributed by atoms with Gasteiger partial charge in [-0.1, -0.05) is 12.1 Å². The van der Waals surface area contributed by atoms with Gasteiger partial charge in [0, 0.05) is 11.9 Å². The Labute approximate surface area is 150 Å². The highest BCUT2D eigenvalue weighted by molar-refractivity contribution is 6.08. The van der Waals surface area contributed by atoms with E-state index in [2.05, 4.69) is 20.5 Å². The Bertz CT molecular complexity index is 1040. The van der Waals surface area contributed by atoms with Crippen LogP contribution < -0.4 is 11.1 Å². The van der Waals surface area contributed by atoms with E-state index >= 15 is 0 Å². The zero-order valence-corrected chi connectivity index (χ0v) is 13.6. The number of benzene rings is 2. The van der Waals surface area contributed by atoms with E-state index < -0.39 is 17.6 Å². The molecule has 1 heterocycles. The number of fused-ring (bicyclic) bond motifs is 1. The minimum atomic E-state index is -4.45. The van der Waals surface area contributed by atoms with Crippen LogP contribution in [0.5, 0.6) is 0 Å². The van der Waals surface area contributed by atoms with Crippen LogP contribution in [0.4, 0.5) is 24.7 Å². The molecule has 0 bridgehead atoms. The number of nitrogens with two attached hydrogens (primary N) is 1. The Balaban J connectivity index is 1.97. The minimum Gasteiger partial charge on any atom is -0.366 e. The molecule has 2 aromatic carbocycles. The normalized spacial score (nSPS) is 11.4. The Morgan fingerprint density at radius 1 is 1.19 bits per heavy atom. The summed E-state index contributed by atoms with van der Waals surface area (Å²) in [5, 5.41) is 5.98. The van der Waals surface area contributed by atoms with Crippen LogP contribution in [0, 0.1) is 4.91 Å². The first kappa shape index (κ1) is 18.2. The summed E-state index contributed by atoms with van der Waals surface area (Å²) in [6.45, 7) is 0.0285. The number of nitrogens with one attached hydrogen (secondary N) is 1. The van der Waals surface area contributed by atoms with Crippen LogP contribution in [0.3, 0.4) is 0 Å². The second-order valence-corrected chi connectivity index (χ2v) is 5.62. The van der Waals surface area contributed by atoms with Crippen LogP contribution in [-0.2, 0) is 12.7 Å². The third-order valence-corrected chi connectivity index (χ3v) is 3.81. The molecule has 7 nitrogen and oxygen atoms in total. The second kappa shape index (κ2) is 6.98. The monoisotopic (exact) mass is 375 g/mol. The molecular weight excluding hydrogens is 363 g/mol. The summed E-state index contributed by atoms with van der Waals surface area (Å²) in [6, 6.07) is 7.40. The highest BCUT2D eigenvalue weighted by Crippen LogP contribution is 2.31. The van der Waals surface area contributed by atoms with Gasteiger partial charge in [0.1, 0.15) is 17.8 Å². The number of halogens is 3. The van der Waals surface area contributed by atoms with Crippen molar-refractivity contribution < 1.29 is 18.0 Å². The molecule has 0 aliphatic rings. The molecule has 0 unspecified atom stereocenters. The first-order valence-corrected chi connectivity index (χ1v) is 7.61. The number of alkyl halides is 3. The maximum Gasteiger partial charge on any atom is 0.416 e. The smallest absolute Gasteiger partial charge is 0.366 e.